The van der Waals surface area contributed by atoms with E-state index in [0.29, 0.717) is 0 Å². The third-order valence-electron chi connectivity index (χ3n) is 8.85. The molecule has 9 aromatic rings. The number of rotatable bonds is 3. The second-order valence-corrected chi connectivity index (χ2v) is 11.1. The van der Waals surface area contributed by atoms with Gasteiger partial charge in [0.1, 0.15) is 0 Å². The maximum absolute atomic E-state index is 5.14. The zero-order chi connectivity index (χ0) is 27.6. The lowest BCUT2D eigenvalue weighted by Gasteiger charge is -2.17. The van der Waals surface area contributed by atoms with E-state index in [-0.39, 0.29) is 0 Å². The van der Waals surface area contributed by atoms with Gasteiger partial charge in [-0.1, -0.05) is 140 Å². The molecule has 0 radical (unpaired) electrons. The Bertz CT molecular complexity index is 2360. The summed E-state index contributed by atoms with van der Waals surface area (Å²) >= 11 is 0. The Kier molecular flexibility index (Phi) is 4.97. The van der Waals surface area contributed by atoms with Crippen LogP contribution in [0.3, 0.4) is 0 Å². The maximum atomic E-state index is 5.14. The van der Waals surface area contributed by atoms with Gasteiger partial charge in [0.15, 0.2) is 0 Å². The average molecular weight is 532 g/mol. The molecule has 194 valence electrons. The van der Waals surface area contributed by atoms with Crippen LogP contribution in [0.1, 0.15) is 0 Å². The Morgan fingerprint density at radius 1 is 0.333 bits per heavy atom. The first-order chi connectivity index (χ1) is 20.8. The molecule has 0 bridgehead atoms. The first-order valence-electron chi connectivity index (χ1n) is 14.5. The molecule has 0 aliphatic carbocycles. The molecule has 0 amide bonds. The first kappa shape index (κ1) is 23.2. The van der Waals surface area contributed by atoms with E-state index < -0.39 is 0 Å². The van der Waals surface area contributed by atoms with Gasteiger partial charge < -0.3 is 0 Å². The van der Waals surface area contributed by atoms with Crippen molar-refractivity contribution in [3.05, 3.63) is 152 Å². The molecule has 1 nitrogen and oxygen atoms in total. The summed E-state index contributed by atoms with van der Waals surface area (Å²) in [5.74, 6) is 0. The monoisotopic (exact) mass is 531 g/mol. The van der Waals surface area contributed by atoms with Crippen molar-refractivity contribution >= 4 is 53.9 Å². The van der Waals surface area contributed by atoms with Crippen LogP contribution in [0.25, 0.3) is 87.4 Å². The second kappa shape index (κ2) is 8.99. The molecule has 0 saturated carbocycles. The van der Waals surface area contributed by atoms with Crippen molar-refractivity contribution < 1.29 is 0 Å². The van der Waals surface area contributed by atoms with Crippen LogP contribution in [0.5, 0.6) is 0 Å². The molecule has 1 heteroatoms. The number of pyridine rings is 1. The molecular formula is C41H25N. The van der Waals surface area contributed by atoms with Crippen LogP contribution >= 0.6 is 0 Å². The standard InChI is InChI=1S/C41H25N/c1-2-9-26(10-3-1)39-32-13-4-6-15-34(32)41(35-16-7-5-14-33(35)39)37-24-21-30(25-42-37)31-22-19-29-18-17-27-11-8-12-28-20-23-36(31)40(29)38(27)28/h1-25H. The van der Waals surface area contributed by atoms with Gasteiger partial charge in [-0.2, -0.15) is 0 Å². The van der Waals surface area contributed by atoms with Crippen LogP contribution in [-0.2, 0) is 0 Å². The molecule has 0 fully saturated rings. The van der Waals surface area contributed by atoms with E-state index in [0.717, 1.165) is 11.3 Å². The molecule has 0 spiro atoms. The van der Waals surface area contributed by atoms with Gasteiger partial charge in [-0.3, -0.25) is 4.98 Å². The zero-order valence-electron chi connectivity index (χ0n) is 22.9. The van der Waals surface area contributed by atoms with Crippen molar-refractivity contribution in [2.45, 2.75) is 0 Å². The number of nitrogens with zero attached hydrogens (tertiary/aromatic N) is 1. The van der Waals surface area contributed by atoms with Gasteiger partial charge in [0, 0.05) is 17.3 Å². The smallest absolute Gasteiger partial charge is 0.0714 e. The lowest BCUT2D eigenvalue weighted by Crippen LogP contribution is -1.93. The molecule has 0 aliphatic rings. The van der Waals surface area contributed by atoms with E-state index in [9.17, 15) is 0 Å². The fraction of sp³-hybridized carbons (Fsp3) is 0. The molecule has 0 atom stereocenters. The largest absolute Gasteiger partial charge is 0.256 e. The summed E-state index contributed by atoms with van der Waals surface area (Å²) < 4.78 is 0. The number of aromatic nitrogens is 1. The highest BCUT2D eigenvalue weighted by atomic mass is 14.7. The predicted molar refractivity (Wildman–Crippen MR) is 179 cm³/mol. The molecule has 0 unspecified atom stereocenters. The molecule has 8 aromatic carbocycles. The minimum atomic E-state index is 0.989. The molecule has 0 saturated heterocycles. The topological polar surface area (TPSA) is 12.9 Å². The SMILES string of the molecule is c1ccc(-c2c3ccccc3c(-c3ccc(-c4ccc5ccc6cccc7ccc4c5c67)cn3)c3ccccc23)cc1. The van der Waals surface area contributed by atoms with E-state index in [4.69, 9.17) is 4.98 Å². The average Bonchev–Trinajstić information content (AvgIpc) is 3.06. The molecule has 1 aromatic heterocycles. The Morgan fingerprint density at radius 2 is 0.905 bits per heavy atom. The van der Waals surface area contributed by atoms with Gasteiger partial charge in [0.05, 0.1) is 5.69 Å². The number of fused-ring (bicyclic) bond motifs is 2. The van der Waals surface area contributed by atoms with Crippen molar-refractivity contribution in [2.24, 2.45) is 0 Å². The fourth-order valence-electron chi connectivity index (χ4n) is 7.01. The third-order valence-corrected chi connectivity index (χ3v) is 8.85. The van der Waals surface area contributed by atoms with Gasteiger partial charge in [-0.05, 0) is 76.6 Å². The minimum absolute atomic E-state index is 0.989. The molecule has 1 heterocycles. The van der Waals surface area contributed by atoms with Gasteiger partial charge in [0.2, 0.25) is 0 Å². The van der Waals surface area contributed by atoms with Crippen molar-refractivity contribution in [3.8, 4) is 33.5 Å². The summed E-state index contributed by atoms with van der Waals surface area (Å²) in [6.45, 7) is 0. The molecular weight excluding hydrogens is 506 g/mol. The van der Waals surface area contributed by atoms with Crippen LogP contribution in [0.4, 0.5) is 0 Å². The molecule has 42 heavy (non-hydrogen) atoms. The van der Waals surface area contributed by atoms with Crippen LogP contribution in [0.2, 0.25) is 0 Å². The highest BCUT2D eigenvalue weighted by molar-refractivity contribution is 6.25. The van der Waals surface area contributed by atoms with Crippen molar-refractivity contribution in [1.82, 2.24) is 4.98 Å². The normalized spacial score (nSPS) is 11.8. The van der Waals surface area contributed by atoms with Gasteiger partial charge >= 0.3 is 0 Å². The Morgan fingerprint density at radius 3 is 1.55 bits per heavy atom. The summed E-state index contributed by atoms with van der Waals surface area (Å²) in [6, 6.07) is 52.7. The second-order valence-electron chi connectivity index (χ2n) is 11.1. The quantitative estimate of drug-likeness (QED) is 0.163. The first-order valence-corrected chi connectivity index (χ1v) is 14.5. The van der Waals surface area contributed by atoms with Crippen molar-refractivity contribution in [3.63, 3.8) is 0 Å². The lowest BCUT2D eigenvalue weighted by molar-refractivity contribution is 1.34. The van der Waals surface area contributed by atoms with Crippen molar-refractivity contribution in [1.29, 1.82) is 0 Å². The van der Waals surface area contributed by atoms with E-state index in [1.807, 2.05) is 0 Å². The van der Waals surface area contributed by atoms with E-state index in [1.54, 1.807) is 0 Å². The fourth-order valence-corrected chi connectivity index (χ4v) is 7.01. The Balaban J connectivity index is 1.26. The summed E-state index contributed by atoms with van der Waals surface area (Å²) in [5, 5.41) is 12.7. The summed E-state index contributed by atoms with van der Waals surface area (Å²) in [4.78, 5) is 5.14. The van der Waals surface area contributed by atoms with E-state index in [1.165, 1.54) is 76.1 Å². The van der Waals surface area contributed by atoms with E-state index in [2.05, 4.69) is 152 Å². The third kappa shape index (κ3) is 3.34. The van der Waals surface area contributed by atoms with Gasteiger partial charge in [-0.25, -0.2) is 0 Å². The summed E-state index contributed by atoms with van der Waals surface area (Å²) in [6.07, 6.45) is 2.05. The summed E-state index contributed by atoms with van der Waals surface area (Å²) in [5.41, 5.74) is 7.02. The minimum Gasteiger partial charge on any atom is -0.256 e. The van der Waals surface area contributed by atoms with Crippen molar-refractivity contribution in [2.75, 3.05) is 0 Å². The van der Waals surface area contributed by atoms with E-state index >= 15 is 0 Å². The van der Waals surface area contributed by atoms with Gasteiger partial charge in [-0.15, -0.1) is 0 Å². The summed E-state index contributed by atoms with van der Waals surface area (Å²) in [7, 11) is 0. The lowest BCUT2D eigenvalue weighted by atomic mass is 9.87. The Hall–Kier alpha value is -5.53. The van der Waals surface area contributed by atoms with Gasteiger partial charge in [0.25, 0.3) is 0 Å². The molecule has 0 N–H and O–H groups in total. The number of benzene rings is 8. The molecule has 9 rings (SSSR count). The van der Waals surface area contributed by atoms with Crippen LogP contribution < -0.4 is 0 Å². The highest BCUT2D eigenvalue weighted by Crippen LogP contribution is 2.44. The number of hydrogen-bond donors (Lipinski definition) is 0. The van der Waals surface area contributed by atoms with Crippen LogP contribution in [-0.4, -0.2) is 4.98 Å². The predicted octanol–water partition coefficient (Wildman–Crippen LogP) is 11.3. The Labute approximate surface area is 243 Å². The zero-order valence-corrected chi connectivity index (χ0v) is 22.9. The molecule has 0 aliphatic heterocycles. The van der Waals surface area contributed by atoms with Crippen LogP contribution in [0.15, 0.2) is 152 Å². The number of hydrogen-bond acceptors (Lipinski definition) is 1. The maximum Gasteiger partial charge on any atom is 0.0714 e. The highest BCUT2D eigenvalue weighted by Gasteiger charge is 2.18. The van der Waals surface area contributed by atoms with Crippen LogP contribution in [0, 0.1) is 0 Å².